The third-order valence-corrected chi connectivity index (χ3v) is 2.53. The first-order valence-corrected chi connectivity index (χ1v) is 5.83. The minimum absolute atomic E-state index is 0.434. The van der Waals surface area contributed by atoms with Gasteiger partial charge in [-0.3, -0.25) is 0 Å². The fraction of sp³-hybridized carbons (Fsp3) is 0.308. The van der Waals surface area contributed by atoms with Crippen LogP contribution in [-0.4, -0.2) is 16.6 Å². The maximum Gasteiger partial charge on any atom is 0.197 e. The Morgan fingerprint density at radius 3 is 2.65 bits per heavy atom. The van der Waals surface area contributed by atoms with Crippen LogP contribution in [0, 0.1) is 0 Å². The number of nitrogens with two attached hydrogens (primary N) is 1. The van der Waals surface area contributed by atoms with Crippen molar-refractivity contribution in [2.45, 2.75) is 19.8 Å². The maximum atomic E-state index is 5.59. The van der Waals surface area contributed by atoms with Gasteiger partial charge in [-0.15, -0.1) is 0 Å². The Morgan fingerprint density at radius 2 is 2.06 bits per heavy atom. The summed E-state index contributed by atoms with van der Waals surface area (Å²) in [4.78, 5) is 6.96. The van der Waals surface area contributed by atoms with E-state index in [4.69, 9.17) is 10.5 Å². The lowest BCUT2D eigenvalue weighted by Gasteiger charge is -2.05. The molecule has 0 aliphatic carbocycles. The van der Waals surface area contributed by atoms with Crippen LogP contribution >= 0.6 is 0 Å². The van der Waals surface area contributed by atoms with Crippen LogP contribution < -0.4 is 10.5 Å². The molecule has 1 aromatic heterocycles. The number of ether oxygens (including phenoxy) is 1. The van der Waals surface area contributed by atoms with E-state index in [1.54, 1.807) is 6.20 Å². The molecule has 0 radical (unpaired) electrons. The third kappa shape index (κ3) is 3.00. The number of nitrogens with zero attached hydrogens (tertiary/aromatic N) is 1. The third-order valence-electron chi connectivity index (χ3n) is 2.53. The van der Waals surface area contributed by atoms with Crippen molar-refractivity contribution in [1.29, 1.82) is 0 Å². The molecule has 0 spiro atoms. The average molecular weight is 231 g/mol. The number of aromatic amines is 1. The van der Waals surface area contributed by atoms with Crippen molar-refractivity contribution in [3.63, 3.8) is 0 Å². The molecule has 90 valence electrons. The molecule has 1 heterocycles. The normalized spacial score (nSPS) is 10.4. The molecule has 4 heteroatoms. The van der Waals surface area contributed by atoms with Gasteiger partial charge >= 0.3 is 0 Å². The highest BCUT2D eigenvalue weighted by Crippen LogP contribution is 2.21. The minimum Gasteiger partial charge on any atom is -0.494 e. The lowest BCUT2D eigenvalue weighted by atomic mass is 10.2. The molecule has 0 atom stereocenters. The number of benzene rings is 1. The molecule has 0 aliphatic rings. The Bertz CT molecular complexity index is 462. The van der Waals surface area contributed by atoms with Crippen LogP contribution in [0.1, 0.15) is 19.8 Å². The van der Waals surface area contributed by atoms with Gasteiger partial charge < -0.3 is 15.5 Å². The minimum atomic E-state index is 0.434. The van der Waals surface area contributed by atoms with Crippen LogP contribution in [0.25, 0.3) is 11.3 Å². The van der Waals surface area contributed by atoms with Gasteiger partial charge in [-0.1, -0.05) is 13.3 Å². The average Bonchev–Trinajstić information content (AvgIpc) is 2.77. The summed E-state index contributed by atoms with van der Waals surface area (Å²) in [6, 6.07) is 7.91. The van der Waals surface area contributed by atoms with Crippen molar-refractivity contribution in [3.05, 3.63) is 30.5 Å². The number of hydrogen-bond donors (Lipinski definition) is 2. The molecule has 4 nitrogen and oxygen atoms in total. The van der Waals surface area contributed by atoms with E-state index in [2.05, 4.69) is 16.9 Å². The summed E-state index contributed by atoms with van der Waals surface area (Å²) < 4.78 is 5.59. The number of anilines is 1. The predicted molar refractivity (Wildman–Crippen MR) is 68.8 cm³/mol. The predicted octanol–water partition coefficient (Wildman–Crippen LogP) is 2.84. The number of nitrogens with one attached hydrogen (secondary N) is 1. The van der Waals surface area contributed by atoms with E-state index in [-0.39, 0.29) is 0 Å². The summed E-state index contributed by atoms with van der Waals surface area (Å²) in [6.07, 6.45) is 3.95. The second-order valence-corrected chi connectivity index (χ2v) is 3.91. The Kier molecular flexibility index (Phi) is 3.65. The zero-order valence-electron chi connectivity index (χ0n) is 9.94. The fourth-order valence-corrected chi connectivity index (χ4v) is 1.55. The number of H-pyrrole nitrogens is 1. The van der Waals surface area contributed by atoms with E-state index in [9.17, 15) is 0 Å². The standard InChI is InChI=1S/C13H17N3O/c1-2-3-8-17-11-6-4-10(5-7-11)12-9-15-13(14)16-12/h4-7,9H,2-3,8H2,1H3,(H3,14,15,16). The highest BCUT2D eigenvalue weighted by molar-refractivity contribution is 5.60. The molecule has 0 unspecified atom stereocenters. The van der Waals surface area contributed by atoms with Crippen molar-refractivity contribution in [1.82, 2.24) is 9.97 Å². The molecule has 0 amide bonds. The van der Waals surface area contributed by atoms with Gasteiger partial charge in [-0.05, 0) is 36.2 Å². The number of unbranched alkanes of at least 4 members (excludes halogenated alkanes) is 1. The first-order valence-electron chi connectivity index (χ1n) is 5.83. The summed E-state index contributed by atoms with van der Waals surface area (Å²) in [5.41, 5.74) is 7.51. The Labute approximate surface area is 101 Å². The summed E-state index contributed by atoms with van der Waals surface area (Å²) in [5.74, 6) is 1.33. The summed E-state index contributed by atoms with van der Waals surface area (Å²) in [6.45, 7) is 2.92. The molecule has 2 aromatic rings. The molecule has 0 saturated carbocycles. The van der Waals surface area contributed by atoms with Gasteiger partial charge in [-0.2, -0.15) is 0 Å². The van der Waals surface area contributed by atoms with Crippen LogP contribution in [0.2, 0.25) is 0 Å². The zero-order chi connectivity index (χ0) is 12.1. The van der Waals surface area contributed by atoms with Crippen molar-refractivity contribution < 1.29 is 4.74 Å². The van der Waals surface area contributed by atoms with Gasteiger partial charge in [0.1, 0.15) is 5.75 Å². The van der Waals surface area contributed by atoms with E-state index in [0.717, 1.165) is 36.5 Å². The number of aromatic nitrogens is 2. The monoisotopic (exact) mass is 231 g/mol. The largest absolute Gasteiger partial charge is 0.494 e. The SMILES string of the molecule is CCCCOc1ccc(-c2cnc(N)[nH]2)cc1. The van der Waals surface area contributed by atoms with Crippen molar-refractivity contribution in [2.75, 3.05) is 12.3 Å². The Morgan fingerprint density at radius 1 is 1.29 bits per heavy atom. The molecule has 0 fully saturated rings. The van der Waals surface area contributed by atoms with Crippen molar-refractivity contribution in [3.8, 4) is 17.0 Å². The summed E-state index contributed by atoms with van der Waals surface area (Å²) >= 11 is 0. The van der Waals surface area contributed by atoms with Gasteiger partial charge in [0.05, 0.1) is 18.5 Å². The first kappa shape index (κ1) is 11.5. The maximum absolute atomic E-state index is 5.59. The summed E-state index contributed by atoms with van der Waals surface area (Å²) in [7, 11) is 0. The fourth-order valence-electron chi connectivity index (χ4n) is 1.55. The van der Waals surface area contributed by atoms with Crippen LogP contribution in [-0.2, 0) is 0 Å². The molecule has 0 aliphatic heterocycles. The van der Waals surface area contributed by atoms with Gasteiger partial charge in [0.25, 0.3) is 0 Å². The highest BCUT2D eigenvalue weighted by atomic mass is 16.5. The Balaban J connectivity index is 2.02. The lowest BCUT2D eigenvalue weighted by molar-refractivity contribution is 0.309. The number of rotatable bonds is 5. The first-order chi connectivity index (χ1) is 8.29. The zero-order valence-corrected chi connectivity index (χ0v) is 9.94. The molecule has 0 saturated heterocycles. The molecular weight excluding hydrogens is 214 g/mol. The smallest absolute Gasteiger partial charge is 0.197 e. The molecule has 17 heavy (non-hydrogen) atoms. The van der Waals surface area contributed by atoms with Gasteiger partial charge in [0.15, 0.2) is 5.95 Å². The molecular formula is C13H17N3O. The van der Waals surface area contributed by atoms with Crippen molar-refractivity contribution >= 4 is 5.95 Å². The molecule has 3 N–H and O–H groups in total. The second-order valence-electron chi connectivity index (χ2n) is 3.91. The molecule has 0 bridgehead atoms. The highest BCUT2D eigenvalue weighted by Gasteiger charge is 2.01. The number of hydrogen-bond acceptors (Lipinski definition) is 3. The summed E-state index contributed by atoms with van der Waals surface area (Å²) in [5, 5.41) is 0. The quantitative estimate of drug-likeness (QED) is 0.778. The van der Waals surface area contributed by atoms with Gasteiger partial charge in [-0.25, -0.2) is 4.98 Å². The van der Waals surface area contributed by atoms with E-state index in [0.29, 0.717) is 5.95 Å². The van der Waals surface area contributed by atoms with Crippen LogP contribution in [0.15, 0.2) is 30.5 Å². The van der Waals surface area contributed by atoms with E-state index < -0.39 is 0 Å². The van der Waals surface area contributed by atoms with Crippen LogP contribution in [0.5, 0.6) is 5.75 Å². The topological polar surface area (TPSA) is 63.9 Å². The second kappa shape index (κ2) is 5.39. The van der Waals surface area contributed by atoms with Crippen LogP contribution in [0.3, 0.4) is 0 Å². The number of nitrogen functional groups attached to an aromatic ring is 1. The van der Waals surface area contributed by atoms with Gasteiger partial charge in [0, 0.05) is 0 Å². The van der Waals surface area contributed by atoms with E-state index in [1.807, 2.05) is 24.3 Å². The van der Waals surface area contributed by atoms with Crippen LogP contribution in [0.4, 0.5) is 5.95 Å². The van der Waals surface area contributed by atoms with Gasteiger partial charge in [0.2, 0.25) is 0 Å². The van der Waals surface area contributed by atoms with E-state index in [1.165, 1.54) is 0 Å². The lowest BCUT2D eigenvalue weighted by Crippen LogP contribution is -1.95. The molecule has 1 aromatic carbocycles. The number of imidazole rings is 1. The van der Waals surface area contributed by atoms with E-state index >= 15 is 0 Å². The molecule has 2 rings (SSSR count). The Hall–Kier alpha value is -1.97. The van der Waals surface area contributed by atoms with Crippen molar-refractivity contribution in [2.24, 2.45) is 0 Å².